The lowest BCUT2D eigenvalue weighted by Gasteiger charge is -2.14. The maximum Gasteiger partial charge on any atom is 0.338 e. The molecule has 1 atom stereocenters. The molecule has 0 bridgehead atoms. The van der Waals surface area contributed by atoms with Crippen molar-refractivity contribution in [2.45, 2.75) is 13.0 Å². The van der Waals surface area contributed by atoms with E-state index < -0.39 is 18.0 Å². The Balaban J connectivity index is 2.02. The number of methoxy groups -OCH3 is 1. The molecule has 0 aliphatic carbocycles. The van der Waals surface area contributed by atoms with E-state index in [4.69, 9.17) is 21.1 Å². The van der Waals surface area contributed by atoms with Gasteiger partial charge in [-0.05, 0) is 53.2 Å². The van der Waals surface area contributed by atoms with Crippen LogP contribution in [0.5, 0.6) is 5.75 Å². The molecule has 0 heterocycles. The number of benzene rings is 2. The van der Waals surface area contributed by atoms with Gasteiger partial charge in [-0.1, -0.05) is 23.7 Å². The van der Waals surface area contributed by atoms with Crippen LogP contribution in [0.1, 0.15) is 17.3 Å². The van der Waals surface area contributed by atoms with Gasteiger partial charge in [0, 0.05) is 0 Å². The molecule has 2 aromatic rings. The third-order valence-corrected chi connectivity index (χ3v) is 4.12. The highest BCUT2D eigenvalue weighted by Gasteiger charge is 2.20. The van der Waals surface area contributed by atoms with Crippen molar-refractivity contribution in [2.24, 2.45) is 0 Å². The van der Waals surface area contributed by atoms with E-state index in [0.29, 0.717) is 26.5 Å². The van der Waals surface area contributed by atoms with Crippen molar-refractivity contribution in [3.8, 4) is 5.75 Å². The van der Waals surface area contributed by atoms with Crippen molar-refractivity contribution in [1.29, 1.82) is 0 Å². The van der Waals surface area contributed by atoms with Gasteiger partial charge in [-0.15, -0.1) is 0 Å². The van der Waals surface area contributed by atoms with Crippen molar-refractivity contribution in [2.75, 3.05) is 12.4 Å². The van der Waals surface area contributed by atoms with Gasteiger partial charge in [0.25, 0.3) is 5.91 Å². The zero-order valence-corrected chi connectivity index (χ0v) is 15.3. The molecule has 1 N–H and O–H groups in total. The average molecular weight is 413 g/mol. The van der Waals surface area contributed by atoms with Gasteiger partial charge < -0.3 is 14.8 Å². The molecule has 0 spiro atoms. The Morgan fingerprint density at radius 3 is 2.54 bits per heavy atom. The van der Waals surface area contributed by atoms with Crippen LogP contribution in [0.2, 0.25) is 5.02 Å². The predicted molar refractivity (Wildman–Crippen MR) is 95.7 cm³/mol. The van der Waals surface area contributed by atoms with Crippen LogP contribution in [0.4, 0.5) is 5.69 Å². The number of para-hydroxylation sites is 1. The maximum absolute atomic E-state index is 12.1. The van der Waals surface area contributed by atoms with E-state index >= 15 is 0 Å². The molecule has 1 amide bonds. The van der Waals surface area contributed by atoms with E-state index in [0.717, 1.165) is 0 Å². The summed E-state index contributed by atoms with van der Waals surface area (Å²) in [6.45, 7) is 1.49. The highest BCUT2D eigenvalue weighted by atomic mass is 79.9. The Morgan fingerprint density at radius 1 is 1.21 bits per heavy atom. The van der Waals surface area contributed by atoms with E-state index in [-0.39, 0.29) is 0 Å². The molecule has 7 heteroatoms. The van der Waals surface area contributed by atoms with E-state index in [1.54, 1.807) is 42.5 Å². The summed E-state index contributed by atoms with van der Waals surface area (Å²) in [5, 5.41) is 3.03. The van der Waals surface area contributed by atoms with Gasteiger partial charge >= 0.3 is 5.97 Å². The van der Waals surface area contributed by atoms with Crippen LogP contribution < -0.4 is 10.1 Å². The zero-order valence-electron chi connectivity index (χ0n) is 13.0. The summed E-state index contributed by atoms with van der Waals surface area (Å²) in [5.41, 5.74) is 0.763. The molecule has 0 saturated heterocycles. The van der Waals surface area contributed by atoms with Crippen molar-refractivity contribution >= 4 is 45.1 Å². The molecule has 0 radical (unpaired) electrons. The fraction of sp³-hybridized carbons (Fsp3) is 0.176. The van der Waals surface area contributed by atoms with Crippen LogP contribution in [-0.4, -0.2) is 25.1 Å². The molecule has 5 nitrogen and oxygen atoms in total. The molecule has 0 saturated carbocycles. The number of hydrogen-bond acceptors (Lipinski definition) is 4. The molecule has 0 fully saturated rings. The molecule has 0 aliphatic heterocycles. The smallest absolute Gasteiger partial charge is 0.338 e. The number of halogens is 2. The predicted octanol–water partition coefficient (Wildman–Crippen LogP) is 4.30. The van der Waals surface area contributed by atoms with Crippen LogP contribution in [0.25, 0.3) is 0 Å². The number of hydrogen-bond donors (Lipinski definition) is 1. The normalized spacial score (nSPS) is 11.5. The number of carbonyl (C=O) groups is 2. The van der Waals surface area contributed by atoms with Crippen molar-refractivity contribution in [3.63, 3.8) is 0 Å². The quantitative estimate of drug-likeness (QED) is 0.744. The summed E-state index contributed by atoms with van der Waals surface area (Å²) in [6, 6.07) is 11.6. The summed E-state index contributed by atoms with van der Waals surface area (Å²) >= 11 is 9.28. The van der Waals surface area contributed by atoms with Gasteiger partial charge in [-0.2, -0.15) is 0 Å². The second-order valence-electron chi connectivity index (χ2n) is 4.87. The second-order valence-corrected chi connectivity index (χ2v) is 6.13. The molecule has 24 heavy (non-hydrogen) atoms. The first kappa shape index (κ1) is 18.3. The number of rotatable bonds is 5. The van der Waals surface area contributed by atoms with Crippen molar-refractivity contribution in [3.05, 3.63) is 57.5 Å². The molecule has 0 aromatic heterocycles. The largest absolute Gasteiger partial charge is 0.496 e. The fourth-order valence-electron chi connectivity index (χ4n) is 1.87. The maximum atomic E-state index is 12.1. The number of nitrogens with one attached hydrogen (secondary N) is 1. The van der Waals surface area contributed by atoms with Crippen LogP contribution in [0, 0.1) is 0 Å². The van der Waals surface area contributed by atoms with Crippen LogP contribution in [0.3, 0.4) is 0 Å². The summed E-state index contributed by atoms with van der Waals surface area (Å²) in [4.78, 5) is 24.3. The van der Waals surface area contributed by atoms with Crippen LogP contribution >= 0.6 is 27.5 Å². The Kier molecular flexibility index (Phi) is 6.23. The SMILES string of the molecule is COc1ccc(C(=O)O[C@H](C)C(=O)Nc2ccccc2Cl)cc1Br. The molecule has 0 aliphatic rings. The molecular weight excluding hydrogens is 398 g/mol. The minimum Gasteiger partial charge on any atom is -0.496 e. The summed E-state index contributed by atoms with van der Waals surface area (Å²) in [7, 11) is 1.53. The monoisotopic (exact) mass is 411 g/mol. The van der Waals surface area contributed by atoms with E-state index in [2.05, 4.69) is 21.2 Å². The topological polar surface area (TPSA) is 64.6 Å². The summed E-state index contributed by atoms with van der Waals surface area (Å²) < 4.78 is 10.9. The number of ether oxygens (including phenoxy) is 2. The number of amides is 1. The lowest BCUT2D eigenvalue weighted by atomic mass is 10.2. The Morgan fingerprint density at radius 2 is 1.92 bits per heavy atom. The highest BCUT2D eigenvalue weighted by molar-refractivity contribution is 9.10. The van der Waals surface area contributed by atoms with E-state index in [9.17, 15) is 9.59 Å². The lowest BCUT2D eigenvalue weighted by Crippen LogP contribution is -2.30. The van der Waals surface area contributed by atoms with E-state index in [1.165, 1.54) is 14.0 Å². The standard InChI is InChI=1S/C17H15BrClNO4/c1-10(16(21)20-14-6-4-3-5-13(14)19)24-17(22)11-7-8-15(23-2)12(18)9-11/h3-10H,1-2H3,(H,20,21)/t10-/m1/s1. The lowest BCUT2D eigenvalue weighted by molar-refractivity contribution is -0.123. The summed E-state index contributed by atoms with van der Waals surface area (Å²) in [6.07, 6.45) is -0.977. The molecule has 2 aromatic carbocycles. The Bertz CT molecular complexity index is 766. The first-order chi connectivity index (χ1) is 11.4. The van der Waals surface area contributed by atoms with Gasteiger partial charge in [-0.3, -0.25) is 4.79 Å². The number of anilines is 1. The first-order valence-corrected chi connectivity index (χ1v) is 8.19. The summed E-state index contributed by atoms with van der Waals surface area (Å²) in [5.74, 6) is -0.486. The number of carbonyl (C=O) groups excluding carboxylic acids is 2. The third-order valence-electron chi connectivity index (χ3n) is 3.17. The van der Waals surface area contributed by atoms with Crippen LogP contribution in [0.15, 0.2) is 46.9 Å². The fourth-order valence-corrected chi connectivity index (χ4v) is 2.60. The average Bonchev–Trinajstić information content (AvgIpc) is 2.56. The minimum atomic E-state index is -0.977. The van der Waals surface area contributed by atoms with Gasteiger partial charge in [0.15, 0.2) is 6.10 Å². The Labute approximate surface area is 153 Å². The highest BCUT2D eigenvalue weighted by Crippen LogP contribution is 2.26. The second kappa shape index (κ2) is 8.17. The number of esters is 1. The zero-order chi connectivity index (χ0) is 17.7. The van der Waals surface area contributed by atoms with Crippen LogP contribution in [-0.2, 0) is 9.53 Å². The molecular formula is C17H15BrClNO4. The van der Waals surface area contributed by atoms with Gasteiger partial charge in [0.2, 0.25) is 0 Å². The van der Waals surface area contributed by atoms with E-state index in [1.807, 2.05) is 0 Å². The van der Waals surface area contributed by atoms with Gasteiger partial charge in [-0.25, -0.2) is 4.79 Å². The molecule has 126 valence electrons. The minimum absolute atomic E-state index is 0.306. The van der Waals surface area contributed by atoms with Crippen molar-refractivity contribution in [1.82, 2.24) is 0 Å². The van der Waals surface area contributed by atoms with Gasteiger partial charge in [0.05, 0.1) is 27.9 Å². The van der Waals surface area contributed by atoms with Gasteiger partial charge in [0.1, 0.15) is 5.75 Å². The molecule has 0 unspecified atom stereocenters. The first-order valence-electron chi connectivity index (χ1n) is 7.02. The Hall–Kier alpha value is -2.05. The third kappa shape index (κ3) is 4.49. The van der Waals surface area contributed by atoms with Crippen molar-refractivity contribution < 1.29 is 19.1 Å². The molecule has 2 rings (SSSR count).